The Morgan fingerprint density at radius 3 is 2.23 bits per heavy atom. The first kappa shape index (κ1) is 18.4. The number of benzene rings is 2. The zero-order valence-electron chi connectivity index (χ0n) is 13.8. The van der Waals surface area contributed by atoms with Crippen LogP contribution in [0.4, 0.5) is 5.69 Å². The normalized spacial score (nSPS) is 19.0. The molecule has 1 amide bonds. The van der Waals surface area contributed by atoms with Crippen molar-refractivity contribution in [3.05, 3.63) is 60.2 Å². The molecular formula is C17H18N2O5S2. The van der Waals surface area contributed by atoms with Crippen molar-refractivity contribution < 1.29 is 21.6 Å². The molecule has 1 fully saturated rings. The number of amides is 1. The number of rotatable bonds is 5. The molecule has 0 spiro atoms. The van der Waals surface area contributed by atoms with E-state index in [0.29, 0.717) is 17.7 Å². The summed E-state index contributed by atoms with van der Waals surface area (Å²) in [5, 5.41) is 2.69. The smallest absolute Gasteiger partial charge is 0.261 e. The molecule has 3 rings (SSSR count). The Bertz CT molecular complexity index is 1000. The van der Waals surface area contributed by atoms with Gasteiger partial charge in [0.25, 0.3) is 15.9 Å². The molecular weight excluding hydrogens is 376 g/mol. The second kappa shape index (κ2) is 7.08. The van der Waals surface area contributed by atoms with E-state index in [2.05, 4.69) is 10.0 Å². The van der Waals surface area contributed by atoms with Crippen LogP contribution in [0.25, 0.3) is 0 Å². The molecule has 2 aromatic carbocycles. The highest BCUT2D eigenvalue weighted by molar-refractivity contribution is 7.92. The van der Waals surface area contributed by atoms with E-state index < -0.39 is 19.9 Å². The van der Waals surface area contributed by atoms with Crippen molar-refractivity contribution in [2.45, 2.75) is 17.4 Å². The first-order valence-corrected chi connectivity index (χ1v) is 11.2. The van der Waals surface area contributed by atoms with Gasteiger partial charge in [0.15, 0.2) is 9.84 Å². The molecule has 0 saturated carbocycles. The van der Waals surface area contributed by atoms with Crippen LogP contribution in [0.1, 0.15) is 16.8 Å². The Morgan fingerprint density at radius 2 is 1.65 bits per heavy atom. The van der Waals surface area contributed by atoms with Gasteiger partial charge in [0.1, 0.15) is 0 Å². The van der Waals surface area contributed by atoms with E-state index in [1.165, 1.54) is 36.4 Å². The van der Waals surface area contributed by atoms with Gasteiger partial charge in [-0.3, -0.25) is 9.52 Å². The largest absolute Gasteiger partial charge is 0.348 e. The van der Waals surface area contributed by atoms with Gasteiger partial charge in [0.05, 0.1) is 16.4 Å². The van der Waals surface area contributed by atoms with Crippen LogP contribution in [0.2, 0.25) is 0 Å². The number of carbonyl (C=O) groups excluding carboxylic acids is 1. The zero-order chi connectivity index (χ0) is 18.8. The minimum Gasteiger partial charge on any atom is -0.348 e. The number of carbonyl (C=O) groups is 1. The highest BCUT2D eigenvalue weighted by Crippen LogP contribution is 2.17. The Labute approximate surface area is 152 Å². The third-order valence-electron chi connectivity index (χ3n) is 4.02. The summed E-state index contributed by atoms with van der Waals surface area (Å²) in [6, 6.07) is 13.5. The lowest BCUT2D eigenvalue weighted by Gasteiger charge is -2.12. The molecule has 1 aliphatic rings. The van der Waals surface area contributed by atoms with Crippen molar-refractivity contribution in [1.29, 1.82) is 0 Å². The molecule has 1 saturated heterocycles. The molecule has 2 aromatic rings. The van der Waals surface area contributed by atoms with E-state index in [1.807, 2.05) is 0 Å². The molecule has 0 bridgehead atoms. The van der Waals surface area contributed by atoms with Crippen molar-refractivity contribution in [1.82, 2.24) is 5.32 Å². The number of hydrogen-bond acceptors (Lipinski definition) is 5. The zero-order valence-corrected chi connectivity index (χ0v) is 15.4. The Morgan fingerprint density at radius 1 is 1.00 bits per heavy atom. The van der Waals surface area contributed by atoms with Crippen molar-refractivity contribution in [2.24, 2.45) is 0 Å². The van der Waals surface area contributed by atoms with E-state index in [0.717, 1.165) is 0 Å². The van der Waals surface area contributed by atoms with Gasteiger partial charge in [-0.1, -0.05) is 18.2 Å². The van der Waals surface area contributed by atoms with Crippen LogP contribution in [0.15, 0.2) is 59.5 Å². The quantitative estimate of drug-likeness (QED) is 0.797. The second-order valence-electron chi connectivity index (χ2n) is 6.07. The molecule has 1 atom stereocenters. The maximum absolute atomic E-state index is 12.3. The minimum atomic E-state index is -3.70. The predicted molar refractivity (Wildman–Crippen MR) is 98.2 cm³/mol. The fourth-order valence-corrected chi connectivity index (χ4v) is 5.43. The highest BCUT2D eigenvalue weighted by atomic mass is 32.2. The third-order valence-corrected chi connectivity index (χ3v) is 7.19. The molecule has 7 nitrogen and oxygen atoms in total. The lowest BCUT2D eigenvalue weighted by molar-refractivity contribution is 0.0941. The number of hydrogen-bond donors (Lipinski definition) is 2. The molecule has 0 radical (unpaired) electrons. The summed E-state index contributed by atoms with van der Waals surface area (Å²) in [4.78, 5) is 12.3. The van der Waals surface area contributed by atoms with E-state index in [4.69, 9.17) is 0 Å². The van der Waals surface area contributed by atoms with E-state index in [-0.39, 0.29) is 28.4 Å². The second-order valence-corrected chi connectivity index (χ2v) is 9.98. The SMILES string of the molecule is O=C(N[C@@H]1CCS(=O)(=O)C1)c1ccc(NS(=O)(=O)c2ccccc2)cc1. The van der Waals surface area contributed by atoms with Gasteiger partial charge >= 0.3 is 0 Å². The van der Waals surface area contributed by atoms with Gasteiger partial charge in [-0.2, -0.15) is 0 Å². The average Bonchev–Trinajstić information content (AvgIpc) is 2.94. The number of sulfonamides is 1. The van der Waals surface area contributed by atoms with Crippen molar-refractivity contribution in [3.63, 3.8) is 0 Å². The van der Waals surface area contributed by atoms with E-state index in [1.54, 1.807) is 18.2 Å². The molecule has 0 aromatic heterocycles. The van der Waals surface area contributed by atoms with Gasteiger partial charge in [0.2, 0.25) is 0 Å². The number of sulfone groups is 1. The maximum atomic E-state index is 12.3. The minimum absolute atomic E-state index is 0.0479. The Hall–Kier alpha value is -2.39. The standard InChI is InChI=1S/C17H18N2O5S2/c20-17(18-15-10-11-25(21,22)12-15)13-6-8-14(9-7-13)19-26(23,24)16-4-2-1-3-5-16/h1-9,15,19H,10-12H2,(H,18,20)/t15-/m1/s1. The first-order chi connectivity index (χ1) is 12.3. The van der Waals surface area contributed by atoms with Crippen LogP contribution in [0.3, 0.4) is 0 Å². The Kier molecular flexibility index (Phi) is 5.01. The third kappa shape index (κ3) is 4.41. The molecule has 0 unspecified atom stereocenters. The summed E-state index contributed by atoms with van der Waals surface area (Å²) in [5.74, 6) is -0.351. The molecule has 1 heterocycles. The summed E-state index contributed by atoms with van der Waals surface area (Å²) in [7, 11) is -6.76. The number of anilines is 1. The van der Waals surface area contributed by atoms with Crippen LogP contribution in [-0.4, -0.2) is 40.3 Å². The number of nitrogens with one attached hydrogen (secondary N) is 2. The highest BCUT2D eigenvalue weighted by Gasteiger charge is 2.29. The molecule has 2 N–H and O–H groups in total. The van der Waals surface area contributed by atoms with Crippen molar-refractivity contribution in [3.8, 4) is 0 Å². The van der Waals surface area contributed by atoms with Crippen LogP contribution in [0.5, 0.6) is 0 Å². The summed E-state index contributed by atoms with van der Waals surface area (Å²) < 4.78 is 49.8. The summed E-state index contributed by atoms with van der Waals surface area (Å²) in [5.41, 5.74) is 0.658. The molecule has 0 aliphatic carbocycles. The fraction of sp³-hybridized carbons (Fsp3) is 0.235. The Balaban J connectivity index is 1.66. The monoisotopic (exact) mass is 394 g/mol. The van der Waals surface area contributed by atoms with Gasteiger partial charge in [-0.25, -0.2) is 16.8 Å². The van der Waals surface area contributed by atoms with E-state index >= 15 is 0 Å². The van der Waals surface area contributed by atoms with Crippen LogP contribution >= 0.6 is 0 Å². The molecule has 138 valence electrons. The van der Waals surface area contributed by atoms with Crippen LogP contribution in [0, 0.1) is 0 Å². The summed E-state index contributed by atoms with van der Waals surface area (Å²) in [6.45, 7) is 0. The lowest BCUT2D eigenvalue weighted by atomic mass is 10.1. The maximum Gasteiger partial charge on any atom is 0.261 e. The molecule has 1 aliphatic heterocycles. The van der Waals surface area contributed by atoms with Gasteiger partial charge in [-0.15, -0.1) is 0 Å². The molecule has 26 heavy (non-hydrogen) atoms. The summed E-state index contributed by atoms with van der Waals surface area (Å²) in [6.07, 6.45) is 0.406. The van der Waals surface area contributed by atoms with Crippen LogP contribution < -0.4 is 10.0 Å². The fourth-order valence-electron chi connectivity index (χ4n) is 2.68. The first-order valence-electron chi connectivity index (χ1n) is 7.94. The predicted octanol–water partition coefficient (Wildman–Crippen LogP) is 1.40. The summed E-state index contributed by atoms with van der Waals surface area (Å²) >= 11 is 0. The topological polar surface area (TPSA) is 109 Å². The van der Waals surface area contributed by atoms with Gasteiger partial charge in [0, 0.05) is 17.3 Å². The van der Waals surface area contributed by atoms with E-state index in [9.17, 15) is 21.6 Å². The van der Waals surface area contributed by atoms with Gasteiger partial charge in [-0.05, 0) is 42.8 Å². The average molecular weight is 394 g/mol. The van der Waals surface area contributed by atoms with Crippen LogP contribution in [-0.2, 0) is 19.9 Å². The molecule has 9 heteroatoms. The van der Waals surface area contributed by atoms with Crippen molar-refractivity contribution >= 4 is 31.5 Å². The lowest BCUT2D eigenvalue weighted by Crippen LogP contribution is -2.35. The van der Waals surface area contributed by atoms with Crippen molar-refractivity contribution in [2.75, 3.05) is 16.2 Å². The van der Waals surface area contributed by atoms with Gasteiger partial charge < -0.3 is 5.32 Å².